The fourth-order valence-corrected chi connectivity index (χ4v) is 1.48. The molecule has 0 N–H and O–H groups in total. The molecule has 4 heteroatoms. The van der Waals surface area contributed by atoms with Gasteiger partial charge >= 0.3 is 0 Å². The lowest BCUT2D eigenvalue weighted by atomic mass is 9.85. The van der Waals surface area contributed by atoms with E-state index in [9.17, 15) is 0 Å². The Morgan fingerprint density at radius 2 is 2.50 bits per heavy atom. The lowest BCUT2D eigenvalue weighted by molar-refractivity contribution is 0.102. The smallest absolute Gasteiger partial charge is 0.0637 e. The number of rotatable bonds is 3. The van der Waals surface area contributed by atoms with Crippen LogP contribution in [0.15, 0.2) is 5.11 Å². The molecule has 0 aliphatic carbocycles. The lowest BCUT2D eigenvalue weighted by Gasteiger charge is -2.18. The van der Waals surface area contributed by atoms with E-state index in [4.69, 9.17) is 10.3 Å². The van der Waals surface area contributed by atoms with Gasteiger partial charge in [-0.05, 0) is 23.8 Å². The second-order valence-electron chi connectivity index (χ2n) is 3.71. The Kier molecular flexibility index (Phi) is 2.95. The first kappa shape index (κ1) is 9.36. The predicted molar refractivity (Wildman–Crippen MR) is 46.8 cm³/mol. The molecule has 0 aromatic carbocycles. The largest absolute Gasteiger partial charge is 0.377 e. The van der Waals surface area contributed by atoms with Crippen molar-refractivity contribution in [2.75, 3.05) is 13.2 Å². The fourth-order valence-electron chi connectivity index (χ4n) is 1.48. The van der Waals surface area contributed by atoms with Gasteiger partial charge in [0, 0.05) is 4.91 Å². The van der Waals surface area contributed by atoms with E-state index in [1.54, 1.807) is 0 Å². The van der Waals surface area contributed by atoms with E-state index in [1.807, 2.05) is 0 Å². The summed E-state index contributed by atoms with van der Waals surface area (Å²) in [6.45, 7) is 5.66. The van der Waals surface area contributed by atoms with Gasteiger partial charge in [-0.1, -0.05) is 19.0 Å². The summed E-state index contributed by atoms with van der Waals surface area (Å²) in [5, 5.41) is 3.51. The summed E-state index contributed by atoms with van der Waals surface area (Å²) in [7, 11) is 0. The quantitative estimate of drug-likeness (QED) is 0.364. The molecule has 1 heterocycles. The number of hydrogen-bond acceptors (Lipinski definition) is 2. The highest BCUT2D eigenvalue weighted by Crippen LogP contribution is 2.35. The van der Waals surface area contributed by atoms with Gasteiger partial charge in [0.15, 0.2) is 0 Å². The van der Waals surface area contributed by atoms with Gasteiger partial charge < -0.3 is 4.74 Å². The van der Waals surface area contributed by atoms with Gasteiger partial charge in [0.1, 0.15) is 0 Å². The van der Waals surface area contributed by atoms with Gasteiger partial charge in [-0.2, -0.15) is 0 Å². The van der Waals surface area contributed by atoms with Gasteiger partial charge in [-0.25, -0.2) is 0 Å². The first-order valence-corrected chi connectivity index (χ1v) is 4.32. The molecule has 0 aromatic rings. The molecule has 12 heavy (non-hydrogen) atoms. The Balaban J connectivity index is 2.39. The number of azide groups is 1. The van der Waals surface area contributed by atoms with Gasteiger partial charge in [0.2, 0.25) is 0 Å². The maximum absolute atomic E-state index is 8.12. The molecule has 1 aliphatic rings. The maximum atomic E-state index is 8.12. The Labute approximate surface area is 72.5 Å². The van der Waals surface area contributed by atoms with E-state index in [2.05, 4.69) is 23.9 Å². The molecule has 0 unspecified atom stereocenters. The molecule has 1 saturated heterocycles. The Bertz CT molecular complexity index is 200. The first-order chi connectivity index (χ1) is 5.70. The highest BCUT2D eigenvalue weighted by molar-refractivity contribution is 4.84. The Hall–Kier alpha value is -0.730. The highest BCUT2D eigenvalue weighted by Gasteiger charge is 2.33. The number of hydrogen-bond donors (Lipinski definition) is 0. The minimum atomic E-state index is 0.144. The second-order valence-corrected chi connectivity index (χ2v) is 3.71. The fraction of sp³-hybridized carbons (Fsp3) is 1.00. The monoisotopic (exact) mass is 169 g/mol. The van der Waals surface area contributed by atoms with Crippen LogP contribution in [-0.4, -0.2) is 19.3 Å². The average molecular weight is 169 g/mol. The summed E-state index contributed by atoms with van der Waals surface area (Å²) in [5.41, 5.74) is 8.42. The standard InChI is InChI=1S/C8H15N3O/c1-3-8(2)4-7(12-6-8)5-10-11-9/h7H,3-6H2,1-2H3/t7-,8-/m0/s1. The van der Waals surface area contributed by atoms with Crippen LogP contribution in [0.2, 0.25) is 0 Å². The van der Waals surface area contributed by atoms with E-state index in [0.29, 0.717) is 12.0 Å². The summed E-state index contributed by atoms with van der Waals surface area (Å²) in [4.78, 5) is 2.72. The third-order valence-corrected chi connectivity index (χ3v) is 2.59. The summed E-state index contributed by atoms with van der Waals surface area (Å²) in [5.74, 6) is 0. The SMILES string of the molecule is CC[C@]1(C)CO[C@H](CN=[N+]=[N-])C1. The Morgan fingerprint density at radius 3 is 3.00 bits per heavy atom. The zero-order chi connectivity index (χ0) is 9.03. The predicted octanol–water partition coefficient (Wildman–Crippen LogP) is 2.50. The summed E-state index contributed by atoms with van der Waals surface area (Å²) in [6, 6.07) is 0. The van der Waals surface area contributed by atoms with E-state index in [-0.39, 0.29) is 6.10 Å². The van der Waals surface area contributed by atoms with E-state index in [0.717, 1.165) is 19.4 Å². The van der Waals surface area contributed by atoms with E-state index < -0.39 is 0 Å². The van der Waals surface area contributed by atoms with Crippen molar-refractivity contribution < 1.29 is 4.74 Å². The molecule has 0 bridgehead atoms. The molecule has 68 valence electrons. The van der Waals surface area contributed by atoms with E-state index >= 15 is 0 Å². The minimum Gasteiger partial charge on any atom is -0.377 e. The van der Waals surface area contributed by atoms with Crippen molar-refractivity contribution >= 4 is 0 Å². The molecule has 1 aliphatic heterocycles. The molecule has 0 saturated carbocycles. The van der Waals surface area contributed by atoms with Crippen LogP contribution in [-0.2, 0) is 4.74 Å². The molecular formula is C8H15N3O. The third-order valence-electron chi connectivity index (χ3n) is 2.59. The van der Waals surface area contributed by atoms with Crippen molar-refractivity contribution in [3.63, 3.8) is 0 Å². The topological polar surface area (TPSA) is 58.0 Å². The zero-order valence-corrected chi connectivity index (χ0v) is 7.66. The van der Waals surface area contributed by atoms with Crippen LogP contribution in [0.4, 0.5) is 0 Å². The molecule has 0 spiro atoms. The summed E-state index contributed by atoms with van der Waals surface area (Å²) in [6.07, 6.45) is 2.29. The normalized spacial score (nSPS) is 34.7. The van der Waals surface area contributed by atoms with Gasteiger partial charge in [0.25, 0.3) is 0 Å². The first-order valence-electron chi connectivity index (χ1n) is 4.32. The number of ether oxygens (including phenoxy) is 1. The summed E-state index contributed by atoms with van der Waals surface area (Å²) >= 11 is 0. The molecule has 4 nitrogen and oxygen atoms in total. The van der Waals surface area contributed by atoms with Crippen molar-refractivity contribution in [2.24, 2.45) is 10.5 Å². The minimum absolute atomic E-state index is 0.144. The van der Waals surface area contributed by atoms with Crippen LogP contribution in [0.5, 0.6) is 0 Å². The molecular weight excluding hydrogens is 154 g/mol. The van der Waals surface area contributed by atoms with Crippen LogP contribution in [0.3, 0.4) is 0 Å². The number of nitrogens with zero attached hydrogens (tertiary/aromatic N) is 3. The van der Waals surface area contributed by atoms with Crippen molar-refractivity contribution in [2.45, 2.75) is 32.8 Å². The van der Waals surface area contributed by atoms with Crippen LogP contribution in [0.1, 0.15) is 26.7 Å². The lowest BCUT2D eigenvalue weighted by Crippen LogP contribution is -2.15. The maximum Gasteiger partial charge on any atom is 0.0637 e. The van der Waals surface area contributed by atoms with Crippen LogP contribution < -0.4 is 0 Å². The van der Waals surface area contributed by atoms with Crippen LogP contribution in [0, 0.1) is 5.41 Å². The average Bonchev–Trinajstić information content (AvgIpc) is 2.45. The van der Waals surface area contributed by atoms with E-state index in [1.165, 1.54) is 0 Å². The molecule has 0 radical (unpaired) electrons. The molecule has 1 fully saturated rings. The molecule has 1 rings (SSSR count). The third kappa shape index (κ3) is 2.13. The van der Waals surface area contributed by atoms with Crippen molar-refractivity contribution in [1.29, 1.82) is 0 Å². The van der Waals surface area contributed by atoms with Gasteiger partial charge in [-0.3, -0.25) is 0 Å². The highest BCUT2D eigenvalue weighted by atomic mass is 16.5. The van der Waals surface area contributed by atoms with Crippen LogP contribution in [0.25, 0.3) is 10.4 Å². The van der Waals surface area contributed by atoms with Crippen molar-refractivity contribution in [3.05, 3.63) is 10.4 Å². The Morgan fingerprint density at radius 1 is 1.75 bits per heavy atom. The molecule has 0 amide bonds. The molecule has 0 aromatic heterocycles. The van der Waals surface area contributed by atoms with Gasteiger partial charge in [-0.15, -0.1) is 0 Å². The van der Waals surface area contributed by atoms with Crippen molar-refractivity contribution in [3.8, 4) is 0 Å². The summed E-state index contributed by atoms with van der Waals surface area (Å²) < 4.78 is 5.50. The second kappa shape index (κ2) is 3.78. The van der Waals surface area contributed by atoms with Crippen LogP contribution >= 0.6 is 0 Å². The molecule has 2 atom stereocenters. The van der Waals surface area contributed by atoms with Gasteiger partial charge in [0.05, 0.1) is 19.3 Å². The zero-order valence-electron chi connectivity index (χ0n) is 7.66. The van der Waals surface area contributed by atoms with Crippen molar-refractivity contribution in [1.82, 2.24) is 0 Å².